The van der Waals surface area contributed by atoms with E-state index in [9.17, 15) is 0 Å². The largest absolute Gasteiger partial charge is 0.467 e. The molecule has 0 spiro atoms. The van der Waals surface area contributed by atoms with E-state index in [4.69, 9.17) is 16.3 Å². The van der Waals surface area contributed by atoms with Gasteiger partial charge in [-0.1, -0.05) is 11.6 Å². The molecule has 54 valence electrons. The maximum atomic E-state index is 5.66. The van der Waals surface area contributed by atoms with Crippen molar-refractivity contribution >= 4 is 11.6 Å². The van der Waals surface area contributed by atoms with Gasteiger partial charge < -0.3 is 4.74 Å². The minimum absolute atomic E-state index is 0.301. The molecule has 0 aliphatic rings. The van der Waals surface area contributed by atoms with Gasteiger partial charge in [-0.05, 0) is 6.92 Å². The van der Waals surface area contributed by atoms with Crippen LogP contribution in [-0.2, 0) is 0 Å². The minimum atomic E-state index is 0.301. The van der Waals surface area contributed by atoms with E-state index in [2.05, 4.69) is 9.97 Å². The molecule has 0 aromatic carbocycles. The first kappa shape index (κ1) is 7.28. The molecule has 3 nitrogen and oxygen atoms in total. The van der Waals surface area contributed by atoms with Gasteiger partial charge in [0, 0.05) is 11.8 Å². The summed E-state index contributed by atoms with van der Waals surface area (Å²) in [7, 11) is 1.50. The van der Waals surface area contributed by atoms with Gasteiger partial charge in [0.05, 0.1) is 7.11 Å². The predicted molar refractivity (Wildman–Crippen MR) is 38.3 cm³/mol. The van der Waals surface area contributed by atoms with Crippen molar-refractivity contribution in [2.45, 2.75) is 6.92 Å². The van der Waals surface area contributed by atoms with Gasteiger partial charge in [-0.2, -0.15) is 4.98 Å². The van der Waals surface area contributed by atoms with Crippen LogP contribution in [0.4, 0.5) is 0 Å². The molecular formula is C6H7ClN2O. The number of methoxy groups -OCH3 is 1. The molecule has 0 amide bonds. The number of halogens is 1. The van der Waals surface area contributed by atoms with Gasteiger partial charge in [-0.25, -0.2) is 4.98 Å². The molecule has 1 heterocycles. The van der Waals surface area contributed by atoms with Crippen molar-refractivity contribution in [3.8, 4) is 6.01 Å². The number of hydrogen-bond acceptors (Lipinski definition) is 3. The Morgan fingerprint density at radius 1 is 1.60 bits per heavy atom. The molecule has 0 bridgehead atoms. The third-order valence-corrected chi connectivity index (χ3v) is 1.45. The number of hydrogen-bond donors (Lipinski definition) is 0. The van der Waals surface area contributed by atoms with E-state index in [1.165, 1.54) is 7.11 Å². The summed E-state index contributed by atoms with van der Waals surface area (Å²) in [5.41, 5.74) is 0.850. The molecule has 1 aromatic heterocycles. The first-order valence-electron chi connectivity index (χ1n) is 2.77. The Kier molecular flexibility index (Phi) is 2.06. The highest BCUT2D eigenvalue weighted by molar-refractivity contribution is 6.30. The fraction of sp³-hybridized carbons (Fsp3) is 0.333. The summed E-state index contributed by atoms with van der Waals surface area (Å²) in [5.74, 6) is 0. The van der Waals surface area contributed by atoms with Crippen LogP contribution in [0.3, 0.4) is 0 Å². The van der Waals surface area contributed by atoms with Crippen molar-refractivity contribution < 1.29 is 4.74 Å². The molecule has 4 heteroatoms. The van der Waals surface area contributed by atoms with Crippen molar-refractivity contribution in [3.63, 3.8) is 0 Å². The molecule has 0 unspecified atom stereocenters. The molecular weight excluding hydrogens is 152 g/mol. The van der Waals surface area contributed by atoms with Crippen LogP contribution in [0.25, 0.3) is 0 Å². The number of rotatable bonds is 1. The summed E-state index contributed by atoms with van der Waals surface area (Å²) in [6.07, 6.45) is 1.62. The number of ether oxygens (including phenoxy) is 1. The zero-order valence-corrected chi connectivity index (χ0v) is 6.51. The zero-order chi connectivity index (χ0) is 7.56. The maximum Gasteiger partial charge on any atom is 0.317 e. The van der Waals surface area contributed by atoms with Crippen LogP contribution in [0.5, 0.6) is 6.01 Å². The SMILES string of the molecule is COc1ncc(C)c(Cl)n1. The molecule has 1 aromatic rings. The van der Waals surface area contributed by atoms with Gasteiger partial charge in [0.25, 0.3) is 0 Å². The van der Waals surface area contributed by atoms with Crippen LogP contribution in [0.1, 0.15) is 5.56 Å². The van der Waals surface area contributed by atoms with Crippen molar-refractivity contribution in [3.05, 3.63) is 16.9 Å². The van der Waals surface area contributed by atoms with Crippen molar-refractivity contribution in [1.29, 1.82) is 0 Å². The summed E-state index contributed by atoms with van der Waals surface area (Å²) < 4.78 is 4.74. The monoisotopic (exact) mass is 158 g/mol. The van der Waals surface area contributed by atoms with Crippen LogP contribution < -0.4 is 4.74 Å². The van der Waals surface area contributed by atoms with Crippen LogP contribution in [0, 0.1) is 6.92 Å². The summed E-state index contributed by atoms with van der Waals surface area (Å²) in [6, 6.07) is 0.301. The van der Waals surface area contributed by atoms with Crippen molar-refractivity contribution in [1.82, 2.24) is 9.97 Å². The fourth-order valence-corrected chi connectivity index (χ4v) is 0.626. The molecule has 0 fully saturated rings. The molecule has 1 rings (SSSR count). The summed E-state index contributed by atoms with van der Waals surface area (Å²) in [5, 5.41) is 0.437. The average molecular weight is 159 g/mol. The van der Waals surface area contributed by atoms with Gasteiger partial charge in [-0.3, -0.25) is 0 Å². The molecule has 0 N–H and O–H groups in total. The Morgan fingerprint density at radius 2 is 2.30 bits per heavy atom. The topological polar surface area (TPSA) is 35.0 Å². The number of aromatic nitrogens is 2. The lowest BCUT2D eigenvalue weighted by molar-refractivity contribution is 0.379. The Bertz CT molecular complexity index is 239. The molecule has 0 atom stereocenters. The second-order valence-corrected chi connectivity index (χ2v) is 2.19. The fourth-order valence-electron chi connectivity index (χ4n) is 0.505. The standard InChI is InChI=1S/C6H7ClN2O/c1-4-3-8-6(10-2)9-5(4)7/h3H,1-2H3. The summed E-state index contributed by atoms with van der Waals surface area (Å²) >= 11 is 5.66. The molecule has 0 saturated carbocycles. The van der Waals surface area contributed by atoms with Gasteiger partial charge in [0.15, 0.2) is 0 Å². The average Bonchev–Trinajstić information content (AvgIpc) is 1.95. The Labute approximate surface area is 64.0 Å². The predicted octanol–water partition coefficient (Wildman–Crippen LogP) is 1.45. The van der Waals surface area contributed by atoms with E-state index in [1.54, 1.807) is 6.20 Å². The molecule has 0 aliphatic carbocycles. The minimum Gasteiger partial charge on any atom is -0.467 e. The lowest BCUT2D eigenvalue weighted by Crippen LogP contribution is -1.92. The van der Waals surface area contributed by atoms with Gasteiger partial charge >= 0.3 is 6.01 Å². The lowest BCUT2D eigenvalue weighted by Gasteiger charge is -1.98. The molecule has 10 heavy (non-hydrogen) atoms. The Hall–Kier alpha value is -0.830. The lowest BCUT2D eigenvalue weighted by atomic mass is 10.4. The van der Waals surface area contributed by atoms with E-state index in [1.807, 2.05) is 6.92 Å². The highest BCUT2D eigenvalue weighted by Crippen LogP contribution is 2.12. The maximum absolute atomic E-state index is 5.66. The van der Waals surface area contributed by atoms with Gasteiger partial charge in [-0.15, -0.1) is 0 Å². The second-order valence-electron chi connectivity index (χ2n) is 1.83. The van der Waals surface area contributed by atoms with Gasteiger partial charge in [0.1, 0.15) is 5.15 Å². The van der Waals surface area contributed by atoms with E-state index in [-0.39, 0.29) is 0 Å². The normalized spacial score (nSPS) is 9.50. The number of nitrogens with zero attached hydrogens (tertiary/aromatic N) is 2. The van der Waals surface area contributed by atoms with Crippen LogP contribution in [0.15, 0.2) is 6.20 Å². The Balaban J connectivity index is 3.04. The summed E-state index contributed by atoms with van der Waals surface area (Å²) in [6.45, 7) is 1.84. The number of aryl methyl sites for hydroxylation is 1. The zero-order valence-electron chi connectivity index (χ0n) is 5.76. The quantitative estimate of drug-likeness (QED) is 0.581. The van der Waals surface area contributed by atoms with Crippen molar-refractivity contribution in [2.24, 2.45) is 0 Å². The first-order valence-corrected chi connectivity index (χ1v) is 3.15. The van der Waals surface area contributed by atoms with E-state index < -0.39 is 0 Å². The van der Waals surface area contributed by atoms with Crippen LogP contribution in [-0.4, -0.2) is 17.1 Å². The third-order valence-electron chi connectivity index (χ3n) is 1.07. The second kappa shape index (κ2) is 2.84. The van der Waals surface area contributed by atoms with E-state index in [0.717, 1.165) is 5.56 Å². The molecule has 0 aliphatic heterocycles. The molecule has 0 saturated heterocycles. The first-order chi connectivity index (χ1) is 4.74. The summed E-state index contributed by atoms with van der Waals surface area (Å²) in [4.78, 5) is 7.66. The third kappa shape index (κ3) is 1.36. The highest BCUT2D eigenvalue weighted by atomic mass is 35.5. The smallest absolute Gasteiger partial charge is 0.317 e. The van der Waals surface area contributed by atoms with Crippen molar-refractivity contribution in [2.75, 3.05) is 7.11 Å². The van der Waals surface area contributed by atoms with E-state index >= 15 is 0 Å². The van der Waals surface area contributed by atoms with Gasteiger partial charge in [0.2, 0.25) is 0 Å². The van der Waals surface area contributed by atoms with Crippen LogP contribution in [0.2, 0.25) is 5.15 Å². The highest BCUT2D eigenvalue weighted by Gasteiger charge is 1.98. The molecule has 0 radical (unpaired) electrons. The van der Waals surface area contributed by atoms with E-state index in [0.29, 0.717) is 11.2 Å². The Morgan fingerprint density at radius 3 is 2.80 bits per heavy atom. The van der Waals surface area contributed by atoms with Crippen LogP contribution >= 0.6 is 11.6 Å².